The largest absolute Gasteiger partial charge is 0.431 e. The minimum absolute atomic E-state index is 0.117. The molecule has 0 amide bonds. The molecule has 144 valence electrons. The number of anilines is 1. The van der Waals surface area contributed by atoms with Crippen molar-refractivity contribution in [2.45, 2.75) is 37.4 Å². The molecule has 5 nitrogen and oxygen atoms in total. The van der Waals surface area contributed by atoms with Gasteiger partial charge in [-0.3, -0.25) is 5.01 Å². The molecule has 0 spiro atoms. The molecule has 1 heterocycles. The highest BCUT2D eigenvalue weighted by Gasteiger charge is 2.44. The van der Waals surface area contributed by atoms with E-state index < -0.39 is 28.0 Å². The molecule has 2 aromatic carbocycles. The van der Waals surface area contributed by atoms with E-state index in [0.717, 1.165) is 16.7 Å². The number of rotatable bonds is 3. The number of sulfonamides is 1. The Labute approximate surface area is 155 Å². The lowest BCUT2D eigenvalue weighted by atomic mass is 9.95. The third-order valence-electron chi connectivity index (χ3n) is 4.46. The number of nitrogens with zero attached hydrogens (tertiary/aromatic N) is 2. The predicted octanol–water partition coefficient (Wildman–Crippen LogP) is 3.82. The lowest BCUT2D eigenvalue weighted by Gasteiger charge is -2.25. The maximum absolute atomic E-state index is 13.3. The molecule has 3 rings (SSSR count). The van der Waals surface area contributed by atoms with Crippen LogP contribution in [0.25, 0.3) is 0 Å². The Balaban J connectivity index is 2.07. The Bertz CT molecular complexity index is 1000. The summed E-state index contributed by atoms with van der Waals surface area (Å²) in [6.45, 7) is 3.71. The number of hydrogen-bond acceptors (Lipinski definition) is 4. The van der Waals surface area contributed by atoms with Crippen LogP contribution >= 0.6 is 0 Å². The number of benzene rings is 2. The second kappa shape index (κ2) is 6.65. The lowest BCUT2D eigenvalue weighted by molar-refractivity contribution is -0.0600. The molecule has 2 N–H and O–H groups in total. The average molecular weight is 397 g/mol. The molecule has 0 saturated heterocycles. The highest BCUT2D eigenvalue weighted by molar-refractivity contribution is 7.89. The van der Waals surface area contributed by atoms with Gasteiger partial charge in [-0.25, -0.2) is 13.6 Å². The van der Waals surface area contributed by atoms with E-state index in [2.05, 4.69) is 5.10 Å². The third-order valence-corrected chi connectivity index (χ3v) is 5.39. The monoisotopic (exact) mass is 397 g/mol. The van der Waals surface area contributed by atoms with E-state index in [1.165, 1.54) is 29.3 Å². The minimum atomic E-state index is -4.54. The number of primary sulfonamides is 1. The molecule has 0 aromatic heterocycles. The van der Waals surface area contributed by atoms with Crippen LogP contribution < -0.4 is 10.1 Å². The normalized spacial score (nSPS) is 17.9. The molecular weight excluding hydrogens is 379 g/mol. The molecule has 1 unspecified atom stereocenters. The number of alkyl halides is 3. The van der Waals surface area contributed by atoms with Crippen LogP contribution in [0.2, 0.25) is 0 Å². The molecule has 1 aliphatic rings. The summed E-state index contributed by atoms with van der Waals surface area (Å²) in [5.41, 5.74) is 2.01. The van der Waals surface area contributed by atoms with E-state index >= 15 is 0 Å². The van der Waals surface area contributed by atoms with Gasteiger partial charge in [-0.05, 0) is 49.2 Å². The van der Waals surface area contributed by atoms with Crippen LogP contribution in [0.3, 0.4) is 0 Å². The van der Waals surface area contributed by atoms with Gasteiger partial charge in [0, 0.05) is 6.42 Å². The SMILES string of the molecule is Cc1ccc(C)c(C2CC(C(F)(F)F)=NN2c2ccc(S(N)(=O)=O)cc2)c1. The Kier molecular flexibility index (Phi) is 4.77. The van der Waals surface area contributed by atoms with Crippen LogP contribution in [0.5, 0.6) is 0 Å². The van der Waals surface area contributed by atoms with Gasteiger partial charge in [0.15, 0.2) is 0 Å². The van der Waals surface area contributed by atoms with Crippen molar-refractivity contribution >= 4 is 21.4 Å². The molecule has 27 heavy (non-hydrogen) atoms. The first-order valence-electron chi connectivity index (χ1n) is 8.11. The molecule has 2 aromatic rings. The first kappa shape index (κ1) is 19.4. The fourth-order valence-corrected chi connectivity index (χ4v) is 3.58. The van der Waals surface area contributed by atoms with Crippen molar-refractivity contribution in [2.24, 2.45) is 10.2 Å². The van der Waals surface area contributed by atoms with Gasteiger partial charge in [-0.15, -0.1) is 0 Å². The van der Waals surface area contributed by atoms with Gasteiger partial charge >= 0.3 is 6.18 Å². The van der Waals surface area contributed by atoms with Gasteiger partial charge < -0.3 is 0 Å². The highest BCUT2D eigenvalue weighted by Crippen LogP contribution is 2.40. The van der Waals surface area contributed by atoms with Gasteiger partial charge in [0.25, 0.3) is 0 Å². The summed E-state index contributed by atoms with van der Waals surface area (Å²) in [5, 5.41) is 10.2. The van der Waals surface area contributed by atoms with Gasteiger partial charge in [-0.1, -0.05) is 23.8 Å². The van der Waals surface area contributed by atoms with E-state index in [0.29, 0.717) is 5.69 Å². The van der Waals surface area contributed by atoms with Crippen LogP contribution in [0, 0.1) is 13.8 Å². The molecule has 0 aliphatic carbocycles. The summed E-state index contributed by atoms with van der Waals surface area (Å²) in [5.74, 6) is 0. The number of aryl methyl sites for hydroxylation is 2. The molecule has 1 aliphatic heterocycles. The predicted molar refractivity (Wildman–Crippen MR) is 97.1 cm³/mol. The van der Waals surface area contributed by atoms with E-state index in [1.807, 2.05) is 32.0 Å². The summed E-state index contributed by atoms with van der Waals surface area (Å²) in [4.78, 5) is -0.117. The van der Waals surface area contributed by atoms with Crippen molar-refractivity contribution in [1.82, 2.24) is 0 Å². The maximum Gasteiger partial charge on any atom is 0.431 e. The van der Waals surface area contributed by atoms with Crippen molar-refractivity contribution in [3.63, 3.8) is 0 Å². The number of nitrogens with two attached hydrogens (primary N) is 1. The van der Waals surface area contributed by atoms with Crippen molar-refractivity contribution < 1.29 is 21.6 Å². The van der Waals surface area contributed by atoms with Gasteiger partial charge in [0.2, 0.25) is 10.0 Å². The quantitative estimate of drug-likeness (QED) is 0.856. The zero-order chi connectivity index (χ0) is 20.0. The molecular formula is C18H18F3N3O2S. The number of hydrazone groups is 1. The lowest BCUT2D eigenvalue weighted by Crippen LogP contribution is -2.22. The topological polar surface area (TPSA) is 75.8 Å². The molecule has 0 bridgehead atoms. The van der Waals surface area contributed by atoms with Crippen LogP contribution in [0.1, 0.15) is 29.2 Å². The fourth-order valence-electron chi connectivity index (χ4n) is 3.07. The fraction of sp³-hybridized carbons (Fsp3) is 0.278. The van der Waals surface area contributed by atoms with Crippen molar-refractivity contribution in [2.75, 3.05) is 5.01 Å². The van der Waals surface area contributed by atoms with Crippen LogP contribution in [-0.2, 0) is 10.0 Å². The summed E-state index contributed by atoms with van der Waals surface area (Å²) in [7, 11) is -3.89. The first-order chi connectivity index (χ1) is 12.5. The van der Waals surface area contributed by atoms with Crippen LogP contribution in [0.15, 0.2) is 52.5 Å². The molecule has 9 heteroatoms. The maximum atomic E-state index is 13.3. The number of halogens is 3. The standard InChI is InChI=1S/C18H18F3N3O2S/c1-11-3-4-12(2)15(9-11)16-10-17(18(19,20)21)23-24(16)13-5-7-14(8-6-13)27(22,25)26/h3-9,16H,10H2,1-2H3,(H2,22,25,26). The molecule has 1 atom stereocenters. The summed E-state index contributed by atoms with van der Waals surface area (Å²) in [6.07, 6.45) is -4.82. The summed E-state index contributed by atoms with van der Waals surface area (Å²) >= 11 is 0. The Morgan fingerprint density at radius 3 is 2.30 bits per heavy atom. The molecule has 0 radical (unpaired) electrons. The van der Waals surface area contributed by atoms with E-state index in [1.54, 1.807) is 0 Å². The van der Waals surface area contributed by atoms with Crippen LogP contribution in [-0.4, -0.2) is 20.3 Å². The minimum Gasteiger partial charge on any atom is -0.257 e. The van der Waals surface area contributed by atoms with Crippen molar-refractivity contribution in [3.05, 3.63) is 59.2 Å². The van der Waals surface area contributed by atoms with Crippen molar-refractivity contribution in [1.29, 1.82) is 0 Å². The van der Waals surface area contributed by atoms with Crippen molar-refractivity contribution in [3.8, 4) is 0 Å². The summed E-state index contributed by atoms with van der Waals surface area (Å²) in [6, 6.07) is 10.3. The molecule has 0 fully saturated rings. The van der Waals surface area contributed by atoms with E-state index in [-0.39, 0.29) is 11.3 Å². The average Bonchev–Trinajstić information content (AvgIpc) is 3.02. The Morgan fingerprint density at radius 2 is 1.74 bits per heavy atom. The molecule has 0 saturated carbocycles. The summed E-state index contributed by atoms with van der Waals surface area (Å²) < 4.78 is 62.7. The second-order valence-electron chi connectivity index (χ2n) is 6.51. The van der Waals surface area contributed by atoms with E-state index in [9.17, 15) is 21.6 Å². The van der Waals surface area contributed by atoms with Gasteiger partial charge in [0.05, 0.1) is 16.6 Å². The Morgan fingerprint density at radius 1 is 1.11 bits per heavy atom. The Hall–Kier alpha value is -2.39. The van der Waals surface area contributed by atoms with Gasteiger partial charge in [-0.2, -0.15) is 18.3 Å². The highest BCUT2D eigenvalue weighted by atomic mass is 32.2. The van der Waals surface area contributed by atoms with Gasteiger partial charge in [0.1, 0.15) is 5.71 Å². The zero-order valence-electron chi connectivity index (χ0n) is 14.7. The number of hydrogen-bond donors (Lipinski definition) is 1. The third kappa shape index (κ3) is 3.98. The second-order valence-corrected chi connectivity index (χ2v) is 8.07. The smallest absolute Gasteiger partial charge is 0.257 e. The zero-order valence-corrected chi connectivity index (χ0v) is 15.5. The first-order valence-corrected chi connectivity index (χ1v) is 9.65. The van der Waals surface area contributed by atoms with Crippen LogP contribution in [0.4, 0.5) is 18.9 Å². The van der Waals surface area contributed by atoms with E-state index in [4.69, 9.17) is 5.14 Å².